The van der Waals surface area contributed by atoms with Gasteiger partial charge < -0.3 is 14.4 Å². The third-order valence-electron chi connectivity index (χ3n) is 5.23. The molecule has 0 amide bonds. The Kier molecular flexibility index (Phi) is 5.51. The number of benzene rings is 1. The first kappa shape index (κ1) is 17.5. The molecule has 6 nitrogen and oxygen atoms in total. The number of hydrogen-bond acceptors (Lipinski definition) is 6. The van der Waals surface area contributed by atoms with Crippen molar-refractivity contribution in [3.05, 3.63) is 41.5 Å². The highest BCUT2D eigenvalue weighted by Gasteiger charge is 2.29. The van der Waals surface area contributed by atoms with Crippen LogP contribution in [0.3, 0.4) is 0 Å². The van der Waals surface area contributed by atoms with Gasteiger partial charge in [-0.25, -0.2) is 0 Å². The molecule has 1 N–H and O–H groups in total. The molecule has 1 saturated carbocycles. The molecule has 1 saturated heterocycles. The van der Waals surface area contributed by atoms with Gasteiger partial charge in [0.2, 0.25) is 5.89 Å². The predicted molar refractivity (Wildman–Crippen MR) is 96.7 cm³/mol. The highest BCUT2D eigenvalue weighted by molar-refractivity contribution is 5.26. The molecule has 1 atom stereocenters. The molecule has 2 aliphatic rings. The maximum Gasteiger partial charge on any atom is 0.244 e. The highest BCUT2D eigenvalue weighted by Crippen LogP contribution is 2.31. The lowest BCUT2D eigenvalue weighted by Gasteiger charge is -2.33. The van der Waals surface area contributed by atoms with Gasteiger partial charge >= 0.3 is 0 Å². The smallest absolute Gasteiger partial charge is 0.244 e. The van der Waals surface area contributed by atoms with Crippen molar-refractivity contribution in [2.45, 2.75) is 51.1 Å². The Hall–Kier alpha value is -1.92. The van der Waals surface area contributed by atoms with Gasteiger partial charge in [0.15, 0.2) is 5.82 Å². The Labute approximate surface area is 154 Å². The Morgan fingerprint density at radius 2 is 2.00 bits per heavy atom. The third kappa shape index (κ3) is 4.62. The molecule has 6 heteroatoms. The summed E-state index contributed by atoms with van der Waals surface area (Å²) in [6.07, 6.45) is 6.73. The van der Waals surface area contributed by atoms with Crippen LogP contribution in [0.4, 0.5) is 0 Å². The van der Waals surface area contributed by atoms with Gasteiger partial charge in [-0.05, 0) is 55.8 Å². The first-order chi connectivity index (χ1) is 12.8. The van der Waals surface area contributed by atoms with Gasteiger partial charge in [-0.15, -0.1) is 0 Å². The molecule has 26 heavy (non-hydrogen) atoms. The van der Waals surface area contributed by atoms with Crippen LogP contribution in [-0.2, 0) is 17.7 Å². The Morgan fingerprint density at radius 1 is 1.15 bits per heavy atom. The van der Waals surface area contributed by atoms with Gasteiger partial charge in [-0.2, -0.15) is 4.98 Å². The fourth-order valence-electron chi connectivity index (χ4n) is 3.50. The number of phenols is 1. The molecular weight excluding hydrogens is 330 g/mol. The van der Waals surface area contributed by atoms with E-state index in [1.54, 1.807) is 12.1 Å². The molecule has 1 aromatic heterocycles. The van der Waals surface area contributed by atoms with E-state index in [1.165, 1.54) is 31.2 Å². The van der Waals surface area contributed by atoms with Crippen molar-refractivity contribution in [3.8, 4) is 5.75 Å². The molecule has 4 rings (SSSR count). The first-order valence-electron chi connectivity index (χ1n) is 9.70. The number of nitrogens with zero attached hydrogens (tertiary/aromatic N) is 3. The van der Waals surface area contributed by atoms with Crippen molar-refractivity contribution in [2.75, 3.05) is 19.8 Å². The first-order valence-corrected chi connectivity index (χ1v) is 9.70. The van der Waals surface area contributed by atoms with Crippen molar-refractivity contribution in [2.24, 2.45) is 5.92 Å². The number of hydrogen-bond donors (Lipinski definition) is 1. The van der Waals surface area contributed by atoms with E-state index in [0.29, 0.717) is 18.8 Å². The summed E-state index contributed by atoms with van der Waals surface area (Å²) in [5.74, 6) is 2.55. The average Bonchev–Trinajstić information content (AvgIpc) is 3.37. The van der Waals surface area contributed by atoms with Crippen LogP contribution in [0.1, 0.15) is 55.4 Å². The van der Waals surface area contributed by atoms with Crippen LogP contribution < -0.4 is 0 Å². The van der Waals surface area contributed by atoms with Crippen LogP contribution in [0.15, 0.2) is 28.8 Å². The Morgan fingerprint density at radius 3 is 2.81 bits per heavy atom. The SMILES string of the molecule is Oc1ccc(CN2CCCCC2c2nc(CCOCC3CC3)no2)cc1. The highest BCUT2D eigenvalue weighted by atomic mass is 16.5. The summed E-state index contributed by atoms with van der Waals surface area (Å²) in [6.45, 7) is 3.38. The summed E-state index contributed by atoms with van der Waals surface area (Å²) < 4.78 is 11.3. The standard InChI is InChI=1S/C20H27N3O3/c24-17-8-6-15(7-9-17)13-23-11-2-1-3-18(23)20-21-19(22-26-20)10-12-25-14-16-4-5-16/h6-9,16,18,24H,1-5,10-14H2. The molecule has 140 valence electrons. The van der Waals surface area contributed by atoms with E-state index >= 15 is 0 Å². The molecule has 1 aliphatic carbocycles. The van der Waals surface area contributed by atoms with E-state index in [2.05, 4.69) is 15.0 Å². The lowest BCUT2D eigenvalue weighted by Crippen LogP contribution is -2.33. The van der Waals surface area contributed by atoms with E-state index in [4.69, 9.17) is 9.26 Å². The molecule has 0 bridgehead atoms. The van der Waals surface area contributed by atoms with Gasteiger partial charge in [0, 0.05) is 19.6 Å². The normalized spacial score (nSPS) is 21.2. The largest absolute Gasteiger partial charge is 0.508 e. The molecular formula is C20H27N3O3. The summed E-state index contributed by atoms with van der Waals surface area (Å²) in [4.78, 5) is 7.03. The summed E-state index contributed by atoms with van der Waals surface area (Å²) in [5.41, 5.74) is 1.18. The zero-order chi connectivity index (χ0) is 17.8. The van der Waals surface area contributed by atoms with Crippen LogP contribution in [0.25, 0.3) is 0 Å². The van der Waals surface area contributed by atoms with E-state index in [9.17, 15) is 5.11 Å². The molecule has 2 fully saturated rings. The maximum absolute atomic E-state index is 9.46. The molecule has 1 aromatic carbocycles. The van der Waals surface area contributed by atoms with Gasteiger partial charge in [0.25, 0.3) is 0 Å². The lowest BCUT2D eigenvalue weighted by atomic mass is 10.0. The van der Waals surface area contributed by atoms with Crippen LogP contribution in [0, 0.1) is 5.92 Å². The van der Waals surface area contributed by atoms with Gasteiger partial charge in [0.1, 0.15) is 5.75 Å². The number of piperidine rings is 1. The van der Waals surface area contributed by atoms with Crippen molar-refractivity contribution in [1.29, 1.82) is 0 Å². The minimum absolute atomic E-state index is 0.172. The van der Waals surface area contributed by atoms with Gasteiger partial charge in [0.05, 0.1) is 12.6 Å². The molecule has 2 heterocycles. The molecule has 0 radical (unpaired) electrons. The van der Waals surface area contributed by atoms with E-state index in [0.717, 1.165) is 43.8 Å². The Bertz CT molecular complexity index is 697. The molecule has 1 unspecified atom stereocenters. The number of aromatic nitrogens is 2. The Balaban J connectivity index is 1.35. The van der Waals surface area contributed by atoms with Crippen LogP contribution in [0.2, 0.25) is 0 Å². The van der Waals surface area contributed by atoms with E-state index in [1.807, 2.05) is 12.1 Å². The molecule has 1 aliphatic heterocycles. The van der Waals surface area contributed by atoms with E-state index < -0.39 is 0 Å². The van der Waals surface area contributed by atoms with Crippen LogP contribution in [0.5, 0.6) is 5.75 Å². The number of likely N-dealkylation sites (tertiary alicyclic amines) is 1. The predicted octanol–water partition coefficient (Wildman–Crippen LogP) is 3.47. The summed E-state index contributed by atoms with van der Waals surface area (Å²) in [7, 11) is 0. The summed E-state index contributed by atoms with van der Waals surface area (Å²) in [6, 6.07) is 7.59. The lowest BCUT2D eigenvalue weighted by molar-refractivity contribution is 0.111. The van der Waals surface area contributed by atoms with Crippen LogP contribution >= 0.6 is 0 Å². The summed E-state index contributed by atoms with van der Waals surface area (Å²) >= 11 is 0. The number of rotatable bonds is 8. The zero-order valence-electron chi connectivity index (χ0n) is 15.1. The minimum Gasteiger partial charge on any atom is -0.508 e. The second-order valence-electron chi connectivity index (χ2n) is 7.47. The van der Waals surface area contributed by atoms with Crippen molar-refractivity contribution >= 4 is 0 Å². The third-order valence-corrected chi connectivity index (χ3v) is 5.23. The minimum atomic E-state index is 0.172. The average molecular weight is 357 g/mol. The summed E-state index contributed by atoms with van der Waals surface area (Å²) in [5, 5.41) is 13.6. The number of ether oxygens (including phenoxy) is 1. The molecule has 2 aromatic rings. The fourth-order valence-corrected chi connectivity index (χ4v) is 3.50. The number of phenolic OH excluding ortho intramolecular Hbond substituents is 1. The van der Waals surface area contributed by atoms with E-state index in [-0.39, 0.29) is 6.04 Å². The second-order valence-corrected chi connectivity index (χ2v) is 7.47. The van der Waals surface area contributed by atoms with Crippen molar-refractivity contribution in [3.63, 3.8) is 0 Å². The fraction of sp³-hybridized carbons (Fsp3) is 0.600. The van der Waals surface area contributed by atoms with Gasteiger partial charge in [-0.3, -0.25) is 4.90 Å². The molecule has 0 spiro atoms. The zero-order valence-corrected chi connectivity index (χ0v) is 15.1. The van der Waals surface area contributed by atoms with Gasteiger partial charge in [-0.1, -0.05) is 23.7 Å². The maximum atomic E-state index is 9.46. The van der Waals surface area contributed by atoms with Crippen LogP contribution in [-0.4, -0.2) is 39.9 Å². The topological polar surface area (TPSA) is 71.6 Å². The second kappa shape index (κ2) is 8.18. The monoisotopic (exact) mass is 357 g/mol. The van der Waals surface area contributed by atoms with Crippen molar-refractivity contribution < 1.29 is 14.4 Å². The quantitative estimate of drug-likeness (QED) is 0.730. The van der Waals surface area contributed by atoms with Crippen molar-refractivity contribution in [1.82, 2.24) is 15.0 Å². The number of aromatic hydroxyl groups is 1.